The standard InChI is InChI=1S/C15H19N3O3S2/c1-3-12-13-5-4-6-17(13)7-8-18(12)23(20,21)11-9-14(22-10-11)15(19)16-2/h4-6,9-10,12H,3,7-8H2,1-2H3,(H,16,19). The SMILES string of the molecule is CCC1c2cccn2CCN1S(=O)(=O)c1csc(C(=O)NC)c1. The van der Waals surface area contributed by atoms with E-state index in [1.807, 2.05) is 25.3 Å². The summed E-state index contributed by atoms with van der Waals surface area (Å²) < 4.78 is 29.7. The quantitative estimate of drug-likeness (QED) is 0.915. The molecule has 1 atom stereocenters. The molecule has 0 spiro atoms. The number of fused-ring (bicyclic) bond motifs is 1. The summed E-state index contributed by atoms with van der Waals surface area (Å²) in [4.78, 5) is 12.3. The van der Waals surface area contributed by atoms with Gasteiger partial charge >= 0.3 is 0 Å². The number of hydrogen-bond acceptors (Lipinski definition) is 4. The third kappa shape index (κ3) is 2.71. The molecule has 1 amide bonds. The lowest BCUT2D eigenvalue weighted by molar-refractivity contribution is 0.0967. The molecule has 3 rings (SSSR count). The molecule has 0 radical (unpaired) electrons. The van der Waals surface area contributed by atoms with Crippen molar-refractivity contribution in [1.82, 2.24) is 14.2 Å². The summed E-state index contributed by atoms with van der Waals surface area (Å²) in [6.45, 7) is 3.07. The van der Waals surface area contributed by atoms with E-state index < -0.39 is 10.0 Å². The molecule has 0 aromatic carbocycles. The van der Waals surface area contributed by atoms with Gasteiger partial charge in [-0.1, -0.05) is 6.92 Å². The highest BCUT2D eigenvalue weighted by molar-refractivity contribution is 7.89. The summed E-state index contributed by atoms with van der Waals surface area (Å²) in [5.41, 5.74) is 1.02. The zero-order chi connectivity index (χ0) is 16.6. The molecule has 1 N–H and O–H groups in total. The first-order valence-corrected chi connectivity index (χ1v) is 9.78. The second-order valence-electron chi connectivity index (χ2n) is 5.39. The first kappa shape index (κ1) is 16.2. The number of carbonyl (C=O) groups excluding carboxylic acids is 1. The van der Waals surface area contributed by atoms with Crippen molar-refractivity contribution < 1.29 is 13.2 Å². The zero-order valence-corrected chi connectivity index (χ0v) is 14.7. The third-order valence-electron chi connectivity index (χ3n) is 4.13. The van der Waals surface area contributed by atoms with E-state index in [4.69, 9.17) is 0 Å². The van der Waals surface area contributed by atoms with E-state index in [2.05, 4.69) is 9.88 Å². The van der Waals surface area contributed by atoms with E-state index in [9.17, 15) is 13.2 Å². The number of sulfonamides is 1. The van der Waals surface area contributed by atoms with Crippen molar-refractivity contribution in [3.05, 3.63) is 40.3 Å². The molecule has 6 nitrogen and oxygen atoms in total. The van der Waals surface area contributed by atoms with Gasteiger partial charge in [0.25, 0.3) is 5.91 Å². The van der Waals surface area contributed by atoms with E-state index in [0.717, 1.165) is 17.0 Å². The van der Waals surface area contributed by atoms with Gasteiger partial charge in [0.05, 0.1) is 15.8 Å². The Morgan fingerprint density at radius 3 is 2.91 bits per heavy atom. The first-order valence-electron chi connectivity index (χ1n) is 7.46. The van der Waals surface area contributed by atoms with Gasteiger partial charge in [0.15, 0.2) is 0 Å². The van der Waals surface area contributed by atoms with Crippen LogP contribution in [0.4, 0.5) is 0 Å². The van der Waals surface area contributed by atoms with Gasteiger partial charge in [-0.15, -0.1) is 11.3 Å². The number of nitrogens with zero attached hydrogens (tertiary/aromatic N) is 2. The highest BCUT2D eigenvalue weighted by atomic mass is 32.2. The number of hydrogen-bond donors (Lipinski definition) is 1. The predicted octanol–water partition coefficient (Wildman–Crippen LogP) is 2.06. The van der Waals surface area contributed by atoms with E-state index in [1.54, 1.807) is 9.69 Å². The van der Waals surface area contributed by atoms with E-state index in [0.29, 0.717) is 24.4 Å². The van der Waals surface area contributed by atoms with Gasteiger partial charge in [-0.05, 0) is 24.6 Å². The molecule has 8 heteroatoms. The molecule has 2 aromatic heterocycles. The van der Waals surface area contributed by atoms with Crippen molar-refractivity contribution in [2.75, 3.05) is 13.6 Å². The molecule has 2 aromatic rings. The number of amides is 1. The van der Waals surface area contributed by atoms with Crippen LogP contribution in [0.15, 0.2) is 34.7 Å². The predicted molar refractivity (Wildman–Crippen MR) is 89.1 cm³/mol. The van der Waals surface area contributed by atoms with Crippen molar-refractivity contribution >= 4 is 27.3 Å². The van der Waals surface area contributed by atoms with Crippen molar-refractivity contribution in [3.8, 4) is 0 Å². The van der Waals surface area contributed by atoms with Crippen LogP contribution in [-0.4, -0.2) is 36.8 Å². The number of rotatable bonds is 4. The fourth-order valence-electron chi connectivity index (χ4n) is 2.98. The average Bonchev–Trinajstić information content (AvgIpc) is 3.21. The highest BCUT2D eigenvalue weighted by Gasteiger charge is 2.36. The molecule has 0 aliphatic carbocycles. The molecule has 1 aliphatic heterocycles. The third-order valence-corrected chi connectivity index (χ3v) is 7.10. The Balaban J connectivity index is 1.96. The van der Waals surface area contributed by atoms with Gasteiger partial charge in [-0.25, -0.2) is 8.42 Å². The van der Waals surface area contributed by atoms with Crippen LogP contribution in [0, 0.1) is 0 Å². The second-order valence-corrected chi connectivity index (χ2v) is 8.19. The molecule has 0 fully saturated rings. The molecule has 3 heterocycles. The van der Waals surface area contributed by atoms with Gasteiger partial charge in [0.1, 0.15) is 0 Å². The lowest BCUT2D eigenvalue weighted by atomic mass is 10.1. The monoisotopic (exact) mass is 353 g/mol. The van der Waals surface area contributed by atoms with Crippen LogP contribution in [0.1, 0.15) is 34.8 Å². The maximum absolute atomic E-state index is 13.0. The van der Waals surface area contributed by atoms with Crippen molar-refractivity contribution in [3.63, 3.8) is 0 Å². The topological polar surface area (TPSA) is 71.4 Å². The van der Waals surface area contributed by atoms with Gasteiger partial charge in [0.2, 0.25) is 10.0 Å². The largest absolute Gasteiger partial charge is 0.354 e. The van der Waals surface area contributed by atoms with Crippen LogP contribution in [0.2, 0.25) is 0 Å². The van der Waals surface area contributed by atoms with Gasteiger partial charge in [0, 0.05) is 37.4 Å². The van der Waals surface area contributed by atoms with E-state index in [1.165, 1.54) is 13.1 Å². The average molecular weight is 353 g/mol. The molecular formula is C15H19N3O3S2. The molecule has 0 bridgehead atoms. The minimum absolute atomic E-state index is 0.174. The fraction of sp³-hybridized carbons (Fsp3) is 0.400. The summed E-state index contributed by atoms with van der Waals surface area (Å²) in [5, 5.41) is 4.06. The van der Waals surface area contributed by atoms with Crippen LogP contribution in [0.5, 0.6) is 0 Å². The number of aromatic nitrogens is 1. The minimum Gasteiger partial charge on any atom is -0.354 e. The normalized spacial score (nSPS) is 18.6. The lowest BCUT2D eigenvalue weighted by Gasteiger charge is -2.35. The summed E-state index contributed by atoms with van der Waals surface area (Å²) in [6, 6.07) is 5.20. The van der Waals surface area contributed by atoms with Gasteiger partial charge in [-0.2, -0.15) is 4.31 Å². The summed E-state index contributed by atoms with van der Waals surface area (Å²) in [5.74, 6) is -0.268. The molecule has 0 saturated heterocycles. The Kier molecular flexibility index (Phi) is 4.31. The van der Waals surface area contributed by atoms with Crippen LogP contribution in [0.25, 0.3) is 0 Å². The van der Waals surface area contributed by atoms with Crippen LogP contribution in [-0.2, 0) is 16.6 Å². The number of carbonyl (C=O) groups is 1. The van der Waals surface area contributed by atoms with Crippen molar-refractivity contribution in [2.45, 2.75) is 30.8 Å². The Bertz CT molecular complexity index is 823. The summed E-state index contributed by atoms with van der Waals surface area (Å²) in [7, 11) is -2.08. The van der Waals surface area contributed by atoms with E-state index in [-0.39, 0.29) is 16.8 Å². The molecule has 23 heavy (non-hydrogen) atoms. The molecule has 0 saturated carbocycles. The van der Waals surface area contributed by atoms with Crippen LogP contribution < -0.4 is 5.32 Å². The smallest absolute Gasteiger partial charge is 0.261 e. The molecule has 1 unspecified atom stereocenters. The molecule has 1 aliphatic rings. The Morgan fingerprint density at radius 2 is 2.22 bits per heavy atom. The lowest BCUT2D eigenvalue weighted by Crippen LogP contribution is -2.41. The Labute approximate surface area is 139 Å². The highest BCUT2D eigenvalue weighted by Crippen LogP contribution is 2.34. The summed E-state index contributed by atoms with van der Waals surface area (Å²) >= 11 is 1.15. The van der Waals surface area contributed by atoms with E-state index >= 15 is 0 Å². The zero-order valence-electron chi connectivity index (χ0n) is 13.0. The summed E-state index contributed by atoms with van der Waals surface area (Å²) in [6.07, 6.45) is 2.69. The van der Waals surface area contributed by atoms with Crippen LogP contribution >= 0.6 is 11.3 Å². The molecule has 124 valence electrons. The maximum atomic E-state index is 13.0. The van der Waals surface area contributed by atoms with Crippen LogP contribution in [0.3, 0.4) is 0 Å². The fourth-order valence-corrected chi connectivity index (χ4v) is 5.85. The Hall–Kier alpha value is -1.64. The maximum Gasteiger partial charge on any atom is 0.261 e. The van der Waals surface area contributed by atoms with Gasteiger partial charge in [-0.3, -0.25) is 4.79 Å². The van der Waals surface area contributed by atoms with Crippen molar-refractivity contribution in [1.29, 1.82) is 0 Å². The van der Waals surface area contributed by atoms with Gasteiger partial charge < -0.3 is 9.88 Å². The Morgan fingerprint density at radius 1 is 1.43 bits per heavy atom. The number of thiophene rings is 1. The first-order chi connectivity index (χ1) is 11.0. The number of nitrogens with one attached hydrogen (secondary N) is 1. The molecular weight excluding hydrogens is 334 g/mol. The minimum atomic E-state index is -3.61. The second kappa shape index (κ2) is 6.10. The van der Waals surface area contributed by atoms with Crippen molar-refractivity contribution in [2.24, 2.45) is 0 Å².